The van der Waals surface area contributed by atoms with Crippen LogP contribution in [-0.2, 0) is 0 Å². The second-order valence-electron chi connectivity index (χ2n) is 8.59. The first-order valence-corrected chi connectivity index (χ1v) is 11.7. The van der Waals surface area contributed by atoms with Gasteiger partial charge in [0.05, 0.1) is 18.7 Å². The lowest BCUT2D eigenvalue weighted by Crippen LogP contribution is -2.45. The fourth-order valence-corrected chi connectivity index (χ4v) is 4.06. The van der Waals surface area contributed by atoms with Crippen molar-refractivity contribution in [3.05, 3.63) is 53.9 Å². The predicted octanol–water partition coefficient (Wildman–Crippen LogP) is 3.58. The van der Waals surface area contributed by atoms with Gasteiger partial charge in [0.1, 0.15) is 18.7 Å². The second kappa shape index (κ2) is 10.6. The van der Waals surface area contributed by atoms with Crippen LogP contribution in [0.5, 0.6) is 23.1 Å². The van der Waals surface area contributed by atoms with Gasteiger partial charge in [-0.25, -0.2) is 9.98 Å². The molecule has 3 aromatic rings. The summed E-state index contributed by atoms with van der Waals surface area (Å²) in [6.07, 6.45) is 3.11. The van der Waals surface area contributed by atoms with Crippen molar-refractivity contribution in [1.29, 1.82) is 5.26 Å². The van der Waals surface area contributed by atoms with Gasteiger partial charge < -0.3 is 24.4 Å². The maximum absolute atomic E-state index is 9.18. The van der Waals surface area contributed by atoms with Gasteiger partial charge in [-0.15, -0.1) is 0 Å². The Morgan fingerprint density at radius 2 is 1.97 bits per heavy atom. The van der Waals surface area contributed by atoms with Crippen LogP contribution in [0.15, 0.2) is 47.7 Å². The van der Waals surface area contributed by atoms with Crippen molar-refractivity contribution in [1.82, 2.24) is 19.8 Å². The summed E-state index contributed by atoms with van der Waals surface area (Å²) in [7, 11) is 3.75. The molecule has 2 aliphatic rings. The van der Waals surface area contributed by atoms with Crippen LogP contribution >= 0.6 is 0 Å². The molecule has 0 atom stereocenters. The van der Waals surface area contributed by atoms with Gasteiger partial charge in [-0.1, -0.05) is 6.07 Å². The number of likely N-dealkylation sites (N-methyl/N-ethyl adjacent to an activating group) is 1. The molecule has 0 spiro atoms. The summed E-state index contributed by atoms with van der Waals surface area (Å²) in [5, 5.41) is 12.4. The third kappa shape index (κ3) is 5.22. The minimum absolute atomic E-state index is 0.310. The largest absolute Gasteiger partial charge is 0.493 e. The van der Waals surface area contributed by atoms with Crippen molar-refractivity contribution in [2.45, 2.75) is 0 Å². The maximum Gasteiger partial charge on any atom is 0.250 e. The number of piperazine rings is 1. The van der Waals surface area contributed by atoms with Crippen LogP contribution < -0.4 is 19.5 Å². The number of hydrogen-bond acceptors (Lipinski definition) is 10. The molecule has 1 N–H and O–H groups in total. The van der Waals surface area contributed by atoms with E-state index in [0.717, 1.165) is 38.3 Å². The number of nitrogens with one attached hydrogen (secondary N) is 1. The Balaban J connectivity index is 1.35. The number of aromatic nitrogens is 2. The molecule has 1 fully saturated rings. The minimum Gasteiger partial charge on any atom is -0.493 e. The lowest BCUT2D eigenvalue weighted by Gasteiger charge is -2.32. The van der Waals surface area contributed by atoms with Crippen LogP contribution in [0, 0.1) is 11.3 Å². The number of methoxy groups -OCH3 is 1. The number of anilines is 2. The number of nitrogens with zero attached hydrogens (tertiary/aromatic N) is 6. The summed E-state index contributed by atoms with van der Waals surface area (Å²) in [4.78, 5) is 18.0. The molecular weight excluding hydrogens is 458 g/mol. The van der Waals surface area contributed by atoms with E-state index in [0.29, 0.717) is 52.5 Å². The molecule has 1 saturated heterocycles. The van der Waals surface area contributed by atoms with E-state index in [9.17, 15) is 5.26 Å². The van der Waals surface area contributed by atoms with Crippen LogP contribution in [0.1, 0.15) is 11.1 Å². The van der Waals surface area contributed by atoms with Gasteiger partial charge in [-0.05, 0) is 31.3 Å². The smallest absolute Gasteiger partial charge is 0.250 e. The van der Waals surface area contributed by atoms with Crippen molar-refractivity contribution < 1.29 is 14.2 Å². The molecular formula is C26H27N7O3. The SMILES string of the molecule is COc1cc2c(cc1OCCN1CCN(C)CC1)C=Nc1c(Nc3cccc(C#N)c3)ncnc1O2. The van der Waals surface area contributed by atoms with E-state index in [-0.39, 0.29) is 0 Å². The molecule has 2 aliphatic heterocycles. The van der Waals surface area contributed by atoms with Gasteiger partial charge in [-0.2, -0.15) is 10.2 Å². The number of fused-ring (bicyclic) bond motifs is 2. The van der Waals surface area contributed by atoms with E-state index in [1.165, 1.54) is 6.33 Å². The third-order valence-electron chi connectivity index (χ3n) is 6.14. The lowest BCUT2D eigenvalue weighted by molar-refractivity contribution is 0.133. The standard InChI is InChI=1S/C26H27N7O3/c1-32-6-8-33(9-7-32)10-11-35-23-13-19-16-28-24-25(31-20-5-3-4-18(12-20)15-27)29-17-30-26(24)36-21(19)14-22(23)34-2/h3-5,12-14,16-17H,6-11H2,1-2H3,(H,29,30,31). The topological polar surface area (TPSA) is 108 Å². The zero-order chi connectivity index (χ0) is 24.9. The summed E-state index contributed by atoms with van der Waals surface area (Å²) in [6.45, 7) is 5.62. The molecule has 0 unspecified atom stereocenters. The predicted molar refractivity (Wildman–Crippen MR) is 136 cm³/mol. The Labute approximate surface area is 209 Å². The van der Waals surface area contributed by atoms with Crippen LogP contribution in [0.3, 0.4) is 0 Å². The molecule has 184 valence electrons. The van der Waals surface area contributed by atoms with Crippen LogP contribution in [0.4, 0.5) is 17.2 Å². The van der Waals surface area contributed by atoms with Crippen molar-refractivity contribution in [3.63, 3.8) is 0 Å². The molecule has 3 heterocycles. The minimum atomic E-state index is 0.310. The summed E-state index contributed by atoms with van der Waals surface area (Å²) in [6, 6.07) is 12.9. The highest BCUT2D eigenvalue weighted by Gasteiger charge is 2.21. The third-order valence-corrected chi connectivity index (χ3v) is 6.14. The van der Waals surface area contributed by atoms with Crippen molar-refractivity contribution in [2.75, 3.05) is 58.8 Å². The summed E-state index contributed by atoms with van der Waals surface area (Å²) in [5.41, 5.74) is 2.44. The molecule has 10 heteroatoms. The van der Waals surface area contributed by atoms with E-state index >= 15 is 0 Å². The fraction of sp³-hybridized carbons (Fsp3) is 0.308. The Morgan fingerprint density at radius 1 is 1.11 bits per heavy atom. The van der Waals surface area contributed by atoms with Gasteiger partial charge in [0, 0.05) is 56.3 Å². The summed E-state index contributed by atoms with van der Waals surface area (Å²) < 4.78 is 17.8. The summed E-state index contributed by atoms with van der Waals surface area (Å²) in [5.74, 6) is 2.53. The maximum atomic E-state index is 9.18. The zero-order valence-electron chi connectivity index (χ0n) is 20.3. The Morgan fingerprint density at radius 3 is 2.78 bits per heavy atom. The van der Waals surface area contributed by atoms with Crippen LogP contribution in [0.25, 0.3) is 0 Å². The molecule has 36 heavy (non-hydrogen) atoms. The first-order valence-electron chi connectivity index (χ1n) is 11.7. The van der Waals surface area contributed by atoms with Gasteiger partial charge in [-0.3, -0.25) is 4.90 Å². The lowest BCUT2D eigenvalue weighted by atomic mass is 10.2. The van der Waals surface area contributed by atoms with Gasteiger partial charge in [0.2, 0.25) is 0 Å². The van der Waals surface area contributed by atoms with Gasteiger partial charge >= 0.3 is 0 Å². The fourth-order valence-electron chi connectivity index (χ4n) is 4.06. The highest BCUT2D eigenvalue weighted by atomic mass is 16.5. The number of rotatable bonds is 7. The van der Waals surface area contributed by atoms with E-state index < -0.39 is 0 Å². The first kappa shape index (κ1) is 23.5. The van der Waals surface area contributed by atoms with Crippen LogP contribution in [0.2, 0.25) is 0 Å². The molecule has 2 aromatic carbocycles. The van der Waals surface area contributed by atoms with Crippen molar-refractivity contribution in [3.8, 4) is 29.2 Å². The molecule has 10 nitrogen and oxygen atoms in total. The highest BCUT2D eigenvalue weighted by molar-refractivity contribution is 5.91. The van der Waals surface area contributed by atoms with E-state index in [2.05, 4.69) is 43.2 Å². The number of ether oxygens (including phenoxy) is 3. The molecule has 0 saturated carbocycles. The van der Waals surface area contributed by atoms with Gasteiger partial charge in [0.25, 0.3) is 5.88 Å². The number of hydrogen-bond donors (Lipinski definition) is 1. The molecule has 0 bridgehead atoms. The number of nitriles is 1. The average Bonchev–Trinajstić information content (AvgIpc) is 3.09. The monoisotopic (exact) mass is 485 g/mol. The van der Waals surface area contributed by atoms with Crippen LogP contribution in [-0.4, -0.2) is 79.5 Å². The van der Waals surface area contributed by atoms with E-state index in [1.807, 2.05) is 12.1 Å². The second-order valence-corrected chi connectivity index (χ2v) is 8.59. The Kier molecular flexibility index (Phi) is 6.93. The zero-order valence-corrected chi connectivity index (χ0v) is 20.3. The first-order chi connectivity index (χ1) is 17.6. The molecule has 1 aromatic heterocycles. The van der Waals surface area contributed by atoms with E-state index in [4.69, 9.17) is 14.2 Å². The Bertz CT molecular complexity index is 1310. The summed E-state index contributed by atoms with van der Waals surface area (Å²) >= 11 is 0. The number of benzene rings is 2. The van der Waals surface area contributed by atoms with Crippen molar-refractivity contribution >= 4 is 23.4 Å². The molecule has 0 aliphatic carbocycles. The number of aliphatic imine (C=N–C) groups is 1. The Hall–Kier alpha value is -4.20. The molecule has 5 rings (SSSR count). The quantitative estimate of drug-likeness (QED) is 0.420. The molecule has 0 amide bonds. The average molecular weight is 486 g/mol. The normalized spacial score (nSPS) is 15.1. The highest BCUT2D eigenvalue weighted by Crippen LogP contribution is 2.42. The van der Waals surface area contributed by atoms with Crippen molar-refractivity contribution in [2.24, 2.45) is 4.99 Å². The van der Waals surface area contributed by atoms with Gasteiger partial charge in [0.15, 0.2) is 23.0 Å². The van der Waals surface area contributed by atoms with E-state index in [1.54, 1.807) is 37.6 Å². The molecule has 0 radical (unpaired) electrons.